The summed E-state index contributed by atoms with van der Waals surface area (Å²) in [6.45, 7) is 3.89. The van der Waals surface area contributed by atoms with Gasteiger partial charge < -0.3 is 5.11 Å². The van der Waals surface area contributed by atoms with E-state index in [0.29, 0.717) is 29.1 Å². The molecule has 5 nitrogen and oxygen atoms in total. The van der Waals surface area contributed by atoms with E-state index in [1.807, 2.05) is 13.8 Å². The number of benzene rings is 2. The molecule has 0 spiro atoms. The van der Waals surface area contributed by atoms with Crippen LogP contribution in [0.4, 0.5) is 5.69 Å². The molecule has 6 heteroatoms. The number of aliphatic hydroxyl groups is 1. The molecule has 30 heavy (non-hydrogen) atoms. The van der Waals surface area contributed by atoms with Crippen molar-refractivity contribution >= 4 is 40.5 Å². The van der Waals surface area contributed by atoms with E-state index in [1.54, 1.807) is 48.5 Å². The van der Waals surface area contributed by atoms with Gasteiger partial charge in [-0.15, -0.1) is 0 Å². The Kier molecular flexibility index (Phi) is 6.85. The first-order valence-electron chi connectivity index (χ1n) is 9.91. The average molecular weight is 426 g/mol. The largest absolute Gasteiger partial charge is 0.396 e. The third-order valence-corrected chi connectivity index (χ3v) is 5.13. The predicted octanol–water partition coefficient (Wildman–Crippen LogP) is 4.21. The Labute approximate surface area is 181 Å². The van der Waals surface area contributed by atoms with Crippen LogP contribution in [0.15, 0.2) is 54.1 Å². The first-order chi connectivity index (χ1) is 14.3. The average Bonchev–Trinajstić information content (AvgIpc) is 2.92. The van der Waals surface area contributed by atoms with Crippen LogP contribution >= 0.6 is 11.6 Å². The molecule has 2 aromatic carbocycles. The van der Waals surface area contributed by atoms with Crippen LogP contribution in [0.2, 0.25) is 5.02 Å². The number of anilines is 1. The van der Waals surface area contributed by atoms with E-state index in [4.69, 9.17) is 16.7 Å². The number of nitrogens with zero attached hydrogens (tertiary/aromatic N) is 1. The molecule has 1 aliphatic rings. The van der Waals surface area contributed by atoms with E-state index in [2.05, 4.69) is 0 Å². The second-order valence-corrected chi connectivity index (χ2v) is 8.20. The zero-order valence-electron chi connectivity index (χ0n) is 17.0. The Morgan fingerprint density at radius 3 is 2.37 bits per heavy atom. The van der Waals surface area contributed by atoms with Crippen LogP contribution in [0.25, 0.3) is 5.57 Å². The summed E-state index contributed by atoms with van der Waals surface area (Å²) >= 11 is 6.11. The molecular formula is C24H24ClNO4. The summed E-state index contributed by atoms with van der Waals surface area (Å²) in [7, 11) is 0. The van der Waals surface area contributed by atoms with Gasteiger partial charge in [-0.25, -0.2) is 4.90 Å². The number of rotatable bonds is 8. The van der Waals surface area contributed by atoms with Crippen LogP contribution in [0.1, 0.15) is 37.8 Å². The number of carbonyl (C=O) groups excluding carboxylic acids is 3. The highest BCUT2D eigenvalue weighted by atomic mass is 35.5. The number of hydrogen-bond acceptors (Lipinski definition) is 4. The first-order valence-corrected chi connectivity index (χ1v) is 10.3. The highest BCUT2D eigenvalue weighted by Crippen LogP contribution is 2.35. The van der Waals surface area contributed by atoms with Crippen LogP contribution in [0.3, 0.4) is 0 Å². The van der Waals surface area contributed by atoms with E-state index >= 15 is 0 Å². The molecule has 0 saturated carbocycles. The van der Waals surface area contributed by atoms with Gasteiger partial charge in [0, 0.05) is 30.0 Å². The number of aliphatic hydroxyl groups excluding tert-OH is 1. The van der Waals surface area contributed by atoms with E-state index < -0.39 is 11.8 Å². The van der Waals surface area contributed by atoms with Crippen LogP contribution < -0.4 is 4.90 Å². The van der Waals surface area contributed by atoms with E-state index in [0.717, 1.165) is 10.5 Å². The highest BCUT2D eigenvalue weighted by molar-refractivity contribution is 6.46. The van der Waals surface area contributed by atoms with Crippen LogP contribution in [-0.2, 0) is 20.8 Å². The normalized spacial score (nSPS) is 14.2. The minimum absolute atomic E-state index is 0.0174. The second-order valence-electron chi connectivity index (χ2n) is 7.76. The molecule has 1 heterocycles. The van der Waals surface area contributed by atoms with Gasteiger partial charge in [-0.2, -0.15) is 0 Å². The predicted molar refractivity (Wildman–Crippen MR) is 117 cm³/mol. The van der Waals surface area contributed by atoms with Gasteiger partial charge in [-0.3, -0.25) is 14.4 Å². The number of imide groups is 1. The summed E-state index contributed by atoms with van der Waals surface area (Å²) < 4.78 is 0. The quantitative estimate of drug-likeness (QED) is 0.643. The van der Waals surface area contributed by atoms with Gasteiger partial charge in [0.15, 0.2) is 0 Å². The summed E-state index contributed by atoms with van der Waals surface area (Å²) in [5.41, 5.74) is 2.27. The number of halogens is 1. The lowest BCUT2D eigenvalue weighted by Crippen LogP contribution is -2.31. The molecule has 2 amide bonds. The molecule has 0 aromatic heterocycles. The lowest BCUT2D eigenvalue weighted by Gasteiger charge is -2.16. The van der Waals surface area contributed by atoms with E-state index in [-0.39, 0.29) is 35.9 Å². The minimum Gasteiger partial charge on any atom is -0.396 e. The molecule has 3 rings (SSSR count). The molecule has 0 atom stereocenters. The maximum atomic E-state index is 13.3. The van der Waals surface area contributed by atoms with Crippen LogP contribution in [0, 0.1) is 5.92 Å². The minimum atomic E-state index is -0.484. The third-order valence-electron chi connectivity index (χ3n) is 4.90. The van der Waals surface area contributed by atoms with Gasteiger partial charge >= 0.3 is 0 Å². The summed E-state index contributed by atoms with van der Waals surface area (Å²) in [6, 6.07) is 13.6. The van der Waals surface area contributed by atoms with Crippen molar-refractivity contribution in [2.24, 2.45) is 5.92 Å². The van der Waals surface area contributed by atoms with E-state index in [1.165, 1.54) is 0 Å². The Morgan fingerprint density at radius 1 is 1.07 bits per heavy atom. The molecular weight excluding hydrogens is 402 g/mol. The van der Waals surface area contributed by atoms with Gasteiger partial charge in [-0.1, -0.05) is 49.7 Å². The number of hydrogen-bond donors (Lipinski definition) is 1. The third kappa shape index (κ3) is 4.69. The summed E-state index contributed by atoms with van der Waals surface area (Å²) in [6.07, 6.45) is 0.733. The van der Waals surface area contributed by atoms with Gasteiger partial charge in [0.25, 0.3) is 11.8 Å². The van der Waals surface area contributed by atoms with Gasteiger partial charge in [0.05, 0.1) is 11.3 Å². The fourth-order valence-electron chi connectivity index (χ4n) is 3.58. The number of Topliss-reactive ketones (excluding diaryl/α,β-unsaturated/α-hetero) is 1. The molecule has 0 aliphatic carbocycles. The molecule has 0 fully saturated rings. The van der Waals surface area contributed by atoms with Crippen molar-refractivity contribution in [3.63, 3.8) is 0 Å². The van der Waals surface area contributed by atoms with E-state index in [9.17, 15) is 14.4 Å². The van der Waals surface area contributed by atoms with Gasteiger partial charge in [0.1, 0.15) is 5.78 Å². The molecule has 0 unspecified atom stereocenters. The molecule has 1 N–H and O–H groups in total. The molecule has 0 radical (unpaired) electrons. The monoisotopic (exact) mass is 425 g/mol. The molecule has 2 aromatic rings. The number of amides is 2. The zero-order valence-corrected chi connectivity index (χ0v) is 17.8. The number of carbonyl (C=O) groups is 3. The zero-order chi connectivity index (χ0) is 21.8. The maximum absolute atomic E-state index is 13.3. The number of ketones is 1. The standard InChI is InChI=1S/C24H24ClNO4/c1-15(2)12-20(28)14-21-22(17-4-3-5-18(25)13-17)24(30)26(23(21)29)19-8-6-16(7-9-19)10-11-27/h3-9,13,15,27H,10-12,14H2,1-2H3. The lowest BCUT2D eigenvalue weighted by molar-refractivity contribution is -0.123. The molecule has 156 valence electrons. The maximum Gasteiger partial charge on any atom is 0.266 e. The molecule has 1 aliphatic heterocycles. The topological polar surface area (TPSA) is 74.7 Å². The summed E-state index contributed by atoms with van der Waals surface area (Å²) in [5, 5.41) is 9.53. The molecule has 0 saturated heterocycles. The second kappa shape index (κ2) is 9.37. The fourth-order valence-corrected chi connectivity index (χ4v) is 3.77. The Bertz CT molecular complexity index is 1010. The van der Waals surface area contributed by atoms with Crippen LogP contribution in [0.5, 0.6) is 0 Å². The van der Waals surface area contributed by atoms with Crippen molar-refractivity contribution < 1.29 is 19.5 Å². The Balaban J connectivity index is 2.02. The van der Waals surface area contributed by atoms with Crippen molar-refractivity contribution in [1.82, 2.24) is 0 Å². The van der Waals surface area contributed by atoms with Crippen molar-refractivity contribution in [2.45, 2.75) is 33.1 Å². The van der Waals surface area contributed by atoms with Crippen molar-refractivity contribution in [3.05, 3.63) is 70.3 Å². The summed E-state index contributed by atoms with van der Waals surface area (Å²) in [5.74, 6) is -0.873. The Morgan fingerprint density at radius 2 is 1.77 bits per heavy atom. The Hall–Kier alpha value is -2.76. The lowest BCUT2D eigenvalue weighted by atomic mass is 9.95. The molecule has 0 bridgehead atoms. The van der Waals surface area contributed by atoms with Gasteiger partial charge in [0.2, 0.25) is 0 Å². The fraction of sp³-hybridized carbons (Fsp3) is 0.292. The SMILES string of the molecule is CC(C)CC(=O)CC1=C(c2cccc(Cl)c2)C(=O)N(c2ccc(CCO)cc2)C1=O. The summed E-state index contributed by atoms with van der Waals surface area (Å²) in [4.78, 5) is 40.2. The smallest absolute Gasteiger partial charge is 0.266 e. The first kappa shape index (κ1) is 21.9. The highest BCUT2D eigenvalue weighted by Gasteiger charge is 2.40. The van der Waals surface area contributed by atoms with Crippen molar-refractivity contribution in [3.8, 4) is 0 Å². The van der Waals surface area contributed by atoms with Crippen molar-refractivity contribution in [2.75, 3.05) is 11.5 Å². The van der Waals surface area contributed by atoms with Crippen molar-refractivity contribution in [1.29, 1.82) is 0 Å². The van der Waals surface area contributed by atoms with Crippen LogP contribution in [-0.4, -0.2) is 29.3 Å². The van der Waals surface area contributed by atoms with Gasteiger partial charge in [-0.05, 0) is 47.7 Å².